The van der Waals surface area contributed by atoms with E-state index in [1.54, 1.807) is 30.8 Å². The van der Waals surface area contributed by atoms with Crippen molar-refractivity contribution in [3.05, 3.63) is 29.3 Å². The first kappa shape index (κ1) is 16.6. The number of hydrogen-bond acceptors (Lipinski definition) is 3. The second kappa shape index (κ2) is 6.68. The van der Waals surface area contributed by atoms with E-state index in [4.69, 9.17) is 0 Å². The summed E-state index contributed by atoms with van der Waals surface area (Å²) in [5.74, 6) is 2.03. The van der Waals surface area contributed by atoms with Crippen LogP contribution < -0.4 is 0 Å². The number of fused-ring (bicyclic) bond motifs is 2. The van der Waals surface area contributed by atoms with Gasteiger partial charge in [-0.2, -0.15) is 0 Å². The first-order valence-corrected chi connectivity index (χ1v) is 9.49. The van der Waals surface area contributed by atoms with Crippen LogP contribution in [0.3, 0.4) is 0 Å². The number of amides is 1. The largest absolute Gasteiger partial charge is 0.348 e. The summed E-state index contributed by atoms with van der Waals surface area (Å²) in [6.07, 6.45) is 4.66. The predicted molar refractivity (Wildman–Crippen MR) is 94.1 cm³/mol. The Hall–Kier alpha value is -1.29. The lowest BCUT2D eigenvalue weighted by molar-refractivity contribution is -0.129. The van der Waals surface area contributed by atoms with Gasteiger partial charge in [-0.3, -0.25) is 9.59 Å². The summed E-state index contributed by atoms with van der Waals surface area (Å²) >= 11 is 1.80. The van der Waals surface area contributed by atoms with E-state index in [1.165, 1.54) is 19.3 Å². The Morgan fingerprint density at radius 2 is 2.00 bits per heavy atom. The Kier molecular flexibility index (Phi) is 4.81. The van der Waals surface area contributed by atoms with Crippen molar-refractivity contribution in [3.63, 3.8) is 0 Å². The van der Waals surface area contributed by atoms with E-state index >= 15 is 0 Å². The Bertz CT molecular complexity index is 626. The molecule has 0 spiro atoms. The first-order valence-electron chi connectivity index (χ1n) is 8.51. The number of carbonyl (C=O) groups excluding carboxylic acids is 2. The van der Waals surface area contributed by atoms with Gasteiger partial charge in [-0.1, -0.05) is 18.9 Å². The smallest absolute Gasteiger partial charge is 0.229 e. The molecule has 23 heavy (non-hydrogen) atoms. The van der Waals surface area contributed by atoms with Gasteiger partial charge < -0.3 is 4.90 Å². The number of nitrogens with zero attached hydrogens (tertiary/aromatic N) is 1. The third-order valence-corrected chi connectivity index (χ3v) is 6.52. The number of hydrogen-bond donors (Lipinski definition) is 0. The molecule has 1 aliphatic carbocycles. The topological polar surface area (TPSA) is 37.4 Å². The van der Waals surface area contributed by atoms with E-state index < -0.39 is 0 Å². The van der Waals surface area contributed by atoms with Gasteiger partial charge in [-0.05, 0) is 43.4 Å². The molecule has 3 atom stereocenters. The monoisotopic (exact) mass is 331 g/mol. The zero-order chi connectivity index (χ0) is 16.6. The van der Waals surface area contributed by atoms with Crippen LogP contribution in [-0.4, -0.2) is 36.4 Å². The zero-order valence-corrected chi connectivity index (χ0v) is 15.0. The molecule has 3 unspecified atom stereocenters. The van der Waals surface area contributed by atoms with E-state index in [9.17, 15) is 9.59 Å². The molecule has 1 fully saturated rings. The minimum atomic E-state index is -0.170. The van der Waals surface area contributed by atoms with Gasteiger partial charge in [-0.15, -0.1) is 11.8 Å². The summed E-state index contributed by atoms with van der Waals surface area (Å²) in [5, 5.41) is 0. The molecule has 3 nitrogen and oxygen atoms in total. The molecule has 1 saturated carbocycles. The normalized spacial score (nSPS) is 25.1. The Labute approximate surface area is 142 Å². The maximum Gasteiger partial charge on any atom is 0.229 e. The van der Waals surface area contributed by atoms with Crippen molar-refractivity contribution < 1.29 is 9.59 Å². The Morgan fingerprint density at radius 3 is 2.74 bits per heavy atom. The van der Waals surface area contributed by atoms with Crippen LogP contribution in [0.25, 0.3) is 0 Å². The molecule has 0 bridgehead atoms. The van der Waals surface area contributed by atoms with Crippen molar-refractivity contribution in [2.24, 2.45) is 11.8 Å². The molecule has 4 heteroatoms. The summed E-state index contributed by atoms with van der Waals surface area (Å²) < 4.78 is 0. The molecule has 0 radical (unpaired) electrons. The molecule has 2 aliphatic rings. The standard InChI is InChI=1S/C19H25NO2S/c1-12(19(22)20(2)3)13-8-9-16-17(10-13)23-11-14-6-4-5-7-15(14)18(16)21/h8-10,12,14-15H,4-7,11H2,1-3H3. The van der Waals surface area contributed by atoms with Crippen molar-refractivity contribution in [2.45, 2.75) is 43.4 Å². The third kappa shape index (κ3) is 3.18. The number of thioether (sulfide) groups is 1. The van der Waals surface area contributed by atoms with Crippen LogP contribution in [0.5, 0.6) is 0 Å². The van der Waals surface area contributed by atoms with E-state index in [0.29, 0.717) is 11.7 Å². The predicted octanol–water partition coefficient (Wildman–Crippen LogP) is 3.97. The maximum atomic E-state index is 12.9. The van der Waals surface area contributed by atoms with Crippen LogP contribution in [0.1, 0.15) is 54.4 Å². The molecule has 1 aromatic carbocycles. The van der Waals surface area contributed by atoms with Crippen LogP contribution in [0.4, 0.5) is 0 Å². The summed E-state index contributed by atoms with van der Waals surface area (Å²) in [6.45, 7) is 1.94. The van der Waals surface area contributed by atoms with Gasteiger partial charge in [0.05, 0.1) is 5.92 Å². The van der Waals surface area contributed by atoms with Crippen molar-refractivity contribution in [3.8, 4) is 0 Å². The highest BCUT2D eigenvalue weighted by atomic mass is 32.2. The fourth-order valence-corrected chi connectivity index (χ4v) is 5.15. The third-order valence-electron chi connectivity index (χ3n) is 5.28. The molecule has 124 valence electrons. The van der Waals surface area contributed by atoms with Gasteiger partial charge in [-0.25, -0.2) is 0 Å². The molecular formula is C19H25NO2S. The zero-order valence-electron chi connectivity index (χ0n) is 14.2. The number of rotatable bonds is 2. The van der Waals surface area contributed by atoms with Gasteiger partial charge in [0.25, 0.3) is 0 Å². The number of Topliss-reactive ketones (excluding diaryl/α,β-unsaturated/α-hetero) is 1. The molecule has 1 aliphatic heterocycles. The summed E-state index contributed by atoms with van der Waals surface area (Å²) in [4.78, 5) is 27.8. The van der Waals surface area contributed by atoms with Crippen molar-refractivity contribution >= 4 is 23.5 Å². The van der Waals surface area contributed by atoms with Gasteiger partial charge in [0.15, 0.2) is 5.78 Å². The quantitative estimate of drug-likeness (QED) is 0.823. The van der Waals surface area contributed by atoms with Crippen LogP contribution >= 0.6 is 11.8 Å². The van der Waals surface area contributed by atoms with Gasteiger partial charge in [0.1, 0.15) is 0 Å². The van der Waals surface area contributed by atoms with E-state index in [2.05, 4.69) is 6.07 Å². The average molecular weight is 331 g/mol. The van der Waals surface area contributed by atoms with E-state index in [0.717, 1.165) is 28.2 Å². The summed E-state index contributed by atoms with van der Waals surface area (Å²) in [5.41, 5.74) is 1.88. The maximum absolute atomic E-state index is 12.9. The second-order valence-corrected chi connectivity index (χ2v) is 8.10. The molecule has 1 aromatic rings. The second-order valence-electron chi connectivity index (χ2n) is 7.04. The van der Waals surface area contributed by atoms with Crippen molar-refractivity contribution in [2.75, 3.05) is 19.8 Å². The highest BCUT2D eigenvalue weighted by Crippen LogP contribution is 2.42. The molecule has 1 amide bonds. The molecule has 1 heterocycles. The van der Waals surface area contributed by atoms with Crippen LogP contribution in [0.2, 0.25) is 0 Å². The van der Waals surface area contributed by atoms with Crippen LogP contribution in [0, 0.1) is 11.8 Å². The number of ketones is 1. The number of likely N-dealkylation sites (N-methyl/N-ethyl adjacent to an activating group) is 1. The molecule has 0 N–H and O–H groups in total. The summed E-state index contributed by atoms with van der Waals surface area (Å²) in [7, 11) is 3.57. The summed E-state index contributed by atoms with van der Waals surface area (Å²) in [6, 6.07) is 5.99. The van der Waals surface area contributed by atoms with Crippen molar-refractivity contribution in [1.82, 2.24) is 4.90 Å². The lowest BCUT2D eigenvalue weighted by Crippen LogP contribution is -2.27. The molecular weight excluding hydrogens is 306 g/mol. The number of carbonyl (C=O) groups is 2. The minimum Gasteiger partial charge on any atom is -0.348 e. The van der Waals surface area contributed by atoms with E-state index in [1.807, 2.05) is 19.1 Å². The van der Waals surface area contributed by atoms with Crippen LogP contribution in [-0.2, 0) is 4.79 Å². The fraction of sp³-hybridized carbons (Fsp3) is 0.579. The Balaban J connectivity index is 1.90. The van der Waals surface area contributed by atoms with Gasteiger partial charge >= 0.3 is 0 Å². The molecule has 3 rings (SSSR count). The SMILES string of the molecule is CC(C(=O)N(C)C)c1ccc2c(c1)SCC1CCCCC1C2=O. The molecule has 0 aromatic heterocycles. The van der Waals surface area contributed by atoms with Gasteiger partial charge in [0, 0.05) is 36.2 Å². The lowest BCUT2D eigenvalue weighted by Gasteiger charge is -2.28. The van der Waals surface area contributed by atoms with Crippen LogP contribution in [0.15, 0.2) is 23.1 Å². The highest BCUT2D eigenvalue weighted by Gasteiger charge is 2.35. The molecule has 0 saturated heterocycles. The highest BCUT2D eigenvalue weighted by molar-refractivity contribution is 7.99. The lowest BCUT2D eigenvalue weighted by atomic mass is 9.76. The van der Waals surface area contributed by atoms with Crippen molar-refractivity contribution in [1.29, 1.82) is 0 Å². The Morgan fingerprint density at radius 1 is 1.26 bits per heavy atom. The minimum absolute atomic E-state index is 0.101. The fourth-order valence-electron chi connectivity index (χ4n) is 3.81. The first-order chi connectivity index (χ1) is 11.0. The number of benzene rings is 1. The van der Waals surface area contributed by atoms with E-state index in [-0.39, 0.29) is 17.7 Å². The van der Waals surface area contributed by atoms with Gasteiger partial charge in [0.2, 0.25) is 5.91 Å². The average Bonchev–Trinajstić information content (AvgIpc) is 2.71.